The summed E-state index contributed by atoms with van der Waals surface area (Å²) in [6, 6.07) is 0. The minimum absolute atomic E-state index is 0.145. The molecule has 11 heavy (non-hydrogen) atoms. The van der Waals surface area contributed by atoms with Gasteiger partial charge in [0.2, 0.25) is 0 Å². The van der Waals surface area contributed by atoms with E-state index in [4.69, 9.17) is 9.66 Å². The van der Waals surface area contributed by atoms with E-state index in [0.29, 0.717) is 6.42 Å². The normalized spacial score (nSPS) is 15.5. The minimum atomic E-state index is -3.95. The van der Waals surface area contributed by atoms with Crippen LogP contribution in [0.25, 0.3) is 0 Å². The molecule has 0 saturated heterocycles. The molecule has 0 saturated carbocycles. The van der Waals surface area contributed by atoms with Crippen molar-refractivity contribution in [2.75, 3.05) is 0 Å². The summed E-state index contributed by atoms with van der Waals surface area (Å²) in [5.74, 6) is 0. The van der Waals surface area contributed by atoms with Crippen molar-refractivity contribution in [2.45, 2.75) is 25.0 Å². The third kappa shape index (κ3) is 4.00. The Kier molecular flexibility index (Phi) is 4.14. The Bertz CT molecular complexity index is 217. The minimum Gasteiger partial charge on any atom is -0.516 e. The molecule has 0 aromatic heterocycles. The molecule has 0 radical (unpaired) electrons. The van der Waals surface area contributed by atoms with Gasteiger partial charge in [-0.3, -0.25) is 4.55 Å². The van der Waals surface area contributed by atoms with Gasteiger partial charge in [0.25, 0.3) is 10.1 Å². The Balaban J connectivity index is 4.19. The van der Waals surface area contributed by atoms with E-state index in [1.807, 2.05) is 0 Å². The van der Waals surface area contributed by atoms with Gasteiger partial charge in [0.05, 0.1) is 11.5 Å². The zero-order chi connectivity index (χ0) is 8.91. The summed E-state index contributed by atoms with van der Waals surface area (Å²) >= 11 is 0. The van der Waals surface area contributed by atoms with Crippen LogP contribution >= 0.6 is 0 Å². The molecule has 0 rings (SSSR count). The summed E-state index contributed by atoms with van der Waals surface area (Å²) in [5.41, 5.74) is 0. The topological polar surface area (TPSA) is 74.6 Å². The maximum Gasteiger partial charge on any atom is 0.268 e. The molecule has 0 aliphatic carbocycles. The Morgan fingerprint density at radius 2 is 2.09 bits per heavy atom. The molecule has 0 aliphatic rings. The molecule has 1 atom stereocenters. The number of aliphatic hydroxyl groups excluding tert-OH is 1. The molecule has 4 nitrogen and oxygen atoms in total. The van der Waals surface area contributed by atoms with Crippen LogP contribution in [-0.2, 0) is 10.1 Å². The molecule has 0 aromatic carbocycles. The highest BCUT2D eigenvalue weighted by Gasteiger charge is 2.18. The maximum absolute atomic E-state index is 10.5. The summed E-state index contributed by atoms with van der Waals surface area (Å²) in [6.07, 6.45) is 2.55. The lowest BCUT2D eigenvalue weighted by Gasteiger charge is -2.06. The van der Waals surface area contributed by atoms with Crippen LogP contribution in [0.1, 0.15) is 19.8 Å². The van der Waals surface area contributed by atoms with Crippen molar-refractivity contribution in [2.24, 2.45) is 0 Å². The van der Waals surface area contributed by atoms with Crippen molar-refractivity contribution >= 4 is 10.1 Å². The standard InChI is InChI=1S/C6H12O4S/c1-2-6(4-3-5-7)11(8,9)10/h3,5-7H,2,4H2,1H3,(H,8,9,10). The van der Waals surface area contributed by atoms with Gasteiger partial charge in [0.15, 0.2) is 0 Å². The first kappa shape index (κ1) is 10.4. The van der Waals surface area contributed by atoms with Crippen LogP contribution in [0.5, 0.6) is 0 Å². The van der Waals surface area contributed by atoms with Crippen molar-refractivity contribution < 1.29 is 18.1 Å². The third-order valence-electron chi connectivity index (χ3n) is 1.38. The van der Waals surface area contributed by atoms with E-state index < -0.39 is 15.4 Å². The highest BCUT2D eigenvalue weighted by Crippen LogP contribution is 2.08. The third-order valence-corrected chi connectivity index (χ3v) is 2.75. The molecule has 2 N–H and O–H groups in total. The van der Waals surface area contributed by atoms with Crippen LogP contribution in [0.2, 0.25) is 0 Å². The van der Waals surface area contributed by atoms with E-state index in [1.54, 1.807) is 6.92 Å². The average Bonchev–Trinajstić information content (AvgIpc) is 1.87. The summed E-state index contributed by atoms with van der Waals surface area (Å²) in [6.45, 7) is 1.66. The lowest BCUT2D eigenvalue weighted by atomic mass is 10.2. The number of rotatable bonds is 4. The Hall–Kier alpha value is -0.550. The van der Waals surface area contributed by atoms with Crippen molar-refractivity contribution in [1.29, 1.82) is 0 Å². The van der Waals surface area contributed by atoms with Gasteiger partial charge in [-0.05, 0) is 18.9 Å². The molecule has 0 bridgehead atoms. The van der Waals surface area contributed by atoms with Gasteiger partial charge in [0.1, 0.15) is 0 Å². The fourth-order valence-electron chi connectivity index (χ4n) is 0.712. The first-order valence-electron chi connectivity index (χ1n) is 3.27. The lowest BCUT2D eigenvalue weighted by Crippen LogP contribution is -2.18. The molecule has 0 fully saturated rings. The highest BCUT2D eigenvalue weighted by atomic mass is 32.2. The molecule has 0 heterocycles. The van der Waals surface area contributed by atoms with Gasteiger partial charge in [0, 0.05) is 0 Å². The van der Waals surface area contributed by atoms with E-state index in [1.165, 1.54) is 6.08 Å². The van der Waals surface area contributed by atoms with Crippen molar-refractivity contribution in [3.05, 3.63) is 12.3 Å². The fraction of sp³-hybridized carbons (Fsp3) is 0.667. The van der Waals surface area contributed by atoms with Crippen LogP contribution in [0.4, 0.5) is 0 Å². The first-order chi connectivity index (χ1) is 5.02. The van der Waals surface area contributed by atoms with E-state index in [-0.39, 0.29) is 6.42 Å². The molecule has 0 amide bonds. The molecule has 1 unspecified atom stereocenters. The second-order valence-electron chi connectivity index (χ2n) is 2.17. The maximum atomic E-state index is 10.5. The van der Waals surface area contributed by atoms with Crippen molar-refractivity contribution in [3.8, 4) is 0 Å². The van der Waals surface area contributed by atoms with Crippen LogP contribution in [-0.4, -0.2) is 23.3 Å². The van der Waals surface area contributed by atoms with Gasteiger partial charge in [-0.15, -0.1) is 0 Å². The van der Waals surface area contributed by atoms with Crippen LogP contribution in [0.3, 0.4) is 0 Å². The Morgan fingerprint density at radius 3 is 2.36 bits per heavy atom. The SMILES string of the molecule is CCC(CC=CO)S(=O)(=O)O. The highest BCUT2D eigenvalue weighted by molar-refractivity contribution is 7.86. The van der Waals surface area contributed by atoms with E-state index >= 15 is 0 Å². The number of allylic oxidation sites excluding steroid dienone is 1. The smallest absolute Gasteiger partial charge is 0.268 e. The van der Waals surface area contributed by atoms with E-state index in [9.17, 15) is 8.42 Å². The second kappa shape index (κ2) is 4.35. The monoisotopic (exact) mass is 180 g/mol. The number of aliphatic hydroxyl groups is 1. The fourth-order valence-corrected chi connectivity index (χ4v) is 1.49. The first-order valence-corrected chi connectivity index (χ1v) is 4.78. The van der Waals surface area contributed by atoms with Gasteiger partial charge in [-0.1, -0.05) is 6.92 Å². The molecule has 66 valence electrons. The Labute approximate surface area is 66.3 Å². The average molecular weight is 180 g/mol. The second-order valence-corrected chi connectivity index (χ2v) is 3.86. The van der Waals surface area contributed by atoms with Gasteiger partial charge in [-0.25, -0.2) is 0 Å². The van der Waals surface area contributed by atoms with Crippen molar-refractivity contribution in [3.63, 3.8) is 0 Å². The van der Waals surface area contributed by atoms with Gasteiger partial charge in [-0.2, -0.15) is 8.42 Å². The van der Waals surface area contributed by atoms with Crippen LogP contribution in [0, 0.1) is 0 Å². The molecule has 0 spiro atoms. The largest absolute Gasteiger partial charge is 0.516 e. The van der Waals surface area contributed by atoms with Gasteiger partial charge < -0.3 is 5.11 Å². The predicted molar refractivity (Wildman–Crippen MR) is 42.0 cm³/mol. The van der Waals surface area contributed by atoms with E-state index in [0.717, 1.165) is 6.26 Å². The molecular weight excluding hydrogens is 168 g/mol. The number of hydrogen-bond acceptors (Lipinski definition) is 3. The summed E-state index contributed by atoms with van der Waals surface area (Å²) < 4.78 is 29.6. The number of hydrogen-bond donors (Lipinski definition) is 2. The van der Waals surface area contributed by atoms with E-state index in [2.05, 4.69) is 0 Å². The quantitative estimate of drug-likeness (QED) is 0.502. The van der Waals surface area contributed by atoms with Crippen LogP contribution in [0.15, 0.2) is 12.3 Å². The zero-order valence-electron chi connectivity index (χ0n) is 6.27. The lowest BCUT2D eigenvalue weighted by molar-refractivity contribution is 0.458. The summed E-state index contributed by atoms with van der Waals surface area (Å²) in [5, 5.41) is 7.42. The molecular formula is C6H12O4S. The molecule has 0 aliphatic heterocycles. The van der Waals surface area contributed by atoms with Gasteiger partial charge >= 0.3 is 0 Å². The Morgan fingerprint density at radius 1 is 1.55 bits per heavy atom. The summed E-state index contributed by atoms with van der Waals surface area (Å²) in [7, 11) is -3.95. The van der Waals surface area contributed by atoms with Crippen molar-refractivity contribution in [1.82, 2.24) is 0 Å². The molecule has 5 heteroatoms. The molecule has 0 aromatic rings. The summed E-state index contributed by atoms with van der Waals surface area (Å²) in [4.78, 5) is 0. The zero-order valence-corrected chi connectivity index (χ0v) is 7.08. The predicted octanol–water partition coefficient (Wildman–Crippen LogP) is 1.11. The van der Waals surface area contributed by atoms with Crippen LogP contribution < -0.4 is 0 Å².